The van der Waals surface area contributed by atoms with E-state index < -0.39 is 7.32 Å². The average molecular weight is 251 g/mol. The van der Waals surface area contributed by atoms with Crippen molar-refractivity contribution in [3.63, 3.8) is 0 Å². The first-order valence-electron chi connectivity index (χ1n) is 6.02. The molecule has 1 aliphatic rings. The van der Waals surface area contributed by atoms with Gasteiger partial charge < -0.3 is 19.6 Å². The van der Waals surface area contributed by atoms with Crippen LogP contribution in [-0.2, 0) is 6.54 Å². The van der Waals surface area contributed by atoms with Crippen LogP contribution in [0.4, 0.5) is 0 Å². The molecule has 1 aromatic heterocycles. The highest BCUT2D eigenvalue weighted by Gasteiger charge is 2.15. The van der Waals surface area contributed by atoms with Crippen LogP contribution in [0.15, 0.2) is 18.3 Å². The van der Waals surface area contributed by atoms with Crippen LogP contribution < -0.4 is 4.65 Å². The summed E-state index contributed by atoms with van der Waals surface area (Å²) in [6.07, 6.45) is 1.50. The number of piperazine rings is 1. The second-order valence-corrected chi connectivity index (χ2v) is 4.51. The van der Waals surface area contributed by atoms with Crippen molar-refractivity contribution in [1.82, 2.24) is 14.8 Å². The fraction of sp³-hybridized carbons (Fsp3) is 0.545. The Kier molecular flexibility index (Phi) is 4.54. The minimum Gasteiger partial charge on any atom is -0.511 e. The molecule has 0 aromatic carbocycles. The van der Waals surface area contributed by atoms with E-state index in [-0.39, 0.29) is 0 Å². The molecule has 1 aromatic rings. The molecular formula is C11H18BN3O3. The van der Waals surface area contributed by atoms with E-state index in [1.165, 1.54) is 6.20 Å². The Morgan fingerprint density at radius 3 is 2.56 bits per heavy atom. The third-order valence-corrected chi connectivity index (χ3v) is 3.02. The first kappa shape index (κ1) is 13.3. The van der Waals surface area contributed by atoms with Crippen LogP contribution in [0.2, 0.25) is 0 Å². The average Bonchev–Trinajstić information content (AvgIpc) is 2.34. The third kappa shape index (κ3) is 3.95. The van der Waals surface area contributed by atoms with Crippen molar-refractivity contribution in [2.45, 2.75) is 6.54 Å². The molecule has 18 heavy (non-hydrogen) atoms. The van der Waals surface area contributed by atoms with E-state index in [9.17, 15) is 0 Å². The van der Waals surface area contributed by atoms with E-state index in [0.717, 1.165) is 38.4 Å². The molecule has 98 valence electrons. The summed E-state index contributed by atoms with van der Waals surface area (Å²) in [4.78, 5) is 8.90. The zero-order valence-corrected chi connectivity index (χ0v) is 10.5. The van der Waals surface area contributed by atoms with Crippen molar-refractivity contribution in [2.24, 2.45) is 0 Å². The zero-order chi connectivity index (χ0) is 13.0. The zero-order valence-electron chi connectivity index (χ0n) is 10.5. The summed E-state index contributed by atoms with van der Waals surface area (Å²) in [6, 6.07) is 3.54. The van der Waals surface area contributed by atoms with Gasteiger partial charge in [0.2, 0.25) is 0 Å². The van der Waals surface area contributed by atoms with Crippen molar-refractivity contribution < 1.29 is 14.7 Å². The normalized spacial score (nSPS) is 17.7. The maximum absolute atomic E-state index is 8.65. The SMILES string of the molecule is CN1CCN(Cc2ccc(OB(O)O)cn2)CC1. The summed E-state index contributed by atoms with van der Waals surface area (Å²) in [7, 11) is 0.331. The molecule has 0 saturated carbocycles. The van der Waals surface area contributed by atoms with Gasteiger partial charge in [-0.15, -0.1) is 0 Å². The highest BCUT2D eigenvalue weighted by atomic mass is 16.6. The molecule has 1 fully saturated rings. The van der Waals surface area contributed by atoms with E-state index in [2.05, 4.69) is 21.8 Å². The topological polar surface area (TPSA) is 69.1 Å². The fourth-order valence-corrected chi connectivity index (χ4v) is 1.93. The smallest absolute Gasteiger partial charge is 0.511 e. The van der Waals surface area contributed by atoms with Gasteiger partial charge in [-0.2, -0.15) is 0 Å². The number of likely N-dealkylation sites (N-methyl/N-ethyl adjacent to an activating group) is 1. The predicted molar refractivity (Wildman–Crippen MR) is 67.8 cm³/mol. The molecule has 0 radical (unpaired) electrons. The minimum atomic E-state index is -1.80. The van der Waals surface area contributed by atoms with Crippen molar-refractivity contribution in [3.05, 3.63) is 24.0 Å². The number of aromatic nitrogens is 1. The van der Waals surface area contributed by atoms with Crippen molar-refractivity contribution in [1.29, 1.82) is 0 Å². The van der Waals surface area contributed by atoms with Gasteiger partial charge in [0.05, 0.1) is 11.9 Å². The van der Waals surface area contributed by atoms with Gasteiger partial charge in [0, 0.05) is 32.7 Å². The molecule has 0 bridgehead atoms. The van der Waals surface area contributed by atoms with Crippen molar-refractivity contribution >= 4 is 7.32 Å². The second kappa shape index (κ2) is 6.15. The Hall–Kier alpha value is -1.15. The molecule has 0 amide bonds. The van der Waals surface area contributed by atoms with Crippen LogP contribution >= 0.6 is 0 Å². The van der Waals surface area contributed by atoms with Gasteiger partial charge in [0.15, 0.2) is 0 Å². The molecule has 0 atom stereocenters. The molecular weight excluding hydrogens is 233 g/mol. The summed E-state index contributed by atoms with van der Waals surface area (Å²) in [5.41, 5.74) is 0.958. The van der Waals surface area contributed by atoms with E-state index in [0.29, 0.717) is 5.75 Å². The van der Waals surface area contributed by atoms with Gasteiger partial charge in [-0.1, -0.05) is 0 Å². The molecule has 1 saturated heterocycles. The standard InChI is InChI=1S/C11H18BN3O3/c1-14-4-6-15(7-5-14)9-10-2-3-11(8-13-10)18-12(16)17/h2-3,8,16-17H,4-7,9H2,1H3. The van der Waals surface area contributed by atoms with Crippen molar-refractivity contribution in [2.75, 3.05) is 33.2 Å². The predicted octanol–water partition coefficient (Wildman–Crippen LogP) is -0.823. The number of nitrogens with zero attached hydrogens (tertiary/aromatic N) is 3. The van der Waals surface area contributed by atoms with Crippen molar-refractivity contribution in [3.8, 4) is 5.75 Å². The lowest BCUT2D eigenvalue weighted by molar-refractivity contribution is 0.147. The Balaban J connectivity index is 1.86. The van der Waals surface area contributed by atoms with E-state index in [4.69, 9.17) is 14.7 Å². The Bertz CT molecular complexity index is 366. The summed E-state index contributed by atoms with van der Waals surface area (Å²) in [5.74, 6) is 0.354. The molecule has 6 nitrogen and oxygen atoms in total. The summed E-state index contributed by atoms with van der Waals surface area (Å²) in [6.45, 7) is 5.07. The van der Waals surface area contributed by atoms with E-state index in [1.807, 2.05) is 6.07 Å². The third-order valence-electron chi connectivity index (χ3n) is 3.02. The first-order valence-corrected chi connectivity index (χ1v) is 6.02. The molecule has 7 heteroatoms. The number of hydrogen-bond donors (Lipinski definition) is 2. The maximum atomic E-state index is 8.65. The van der Waals surface area contributed by atoms with Crippen LogP contribution in [0.1, 0.15) is 5.69 Å². The second-order valence-electron chi connectivity index (χ2n) is 4.51. The molecule has 2 heterocycles. The summed E-state index contributed by atoms with van der Waals surface area (Å²) >= 11 is 0. The summed E-state index contributed by atoms with van der Waals surface area (Å²) in [5, 5.41) is 17.3. The van der Waals surface area contributed by atoms with E-state index >= 15 is 0 Å². The number of hydrogen-bond acceptors (Lipinski definition) is 6. The summed E-state index contributed by atoms with van der Waals surface area (Å²) < 4.78 is 4.70. The number of pyridine rings is 1. The van der Waals surface area contributed by atoms with Crippen LogP contribution in [0.25, 0.3) is 0 Å². The van der Waals surface area contributed by atoms with Gasteiger partial charge >= 0.3 is 7.32 Å². The van der Waals surface area contributed by atoms with Crippen LogP contribution in [0.5, 0.6) is 5.75 Å². The quantitative estimate of drug-likeness (QED) is 0.681. The Morgan fingerprint density at radius 2 is 2.00 bits per heavy atom. The number of rotatable bonds is 4. The van der Waals surface area contributed by atoms with Gasteiger partial charge in [-0.3, -0.25) is 9.88 Å². The van der Waals surface area contributed by atoms with Gasteiger partial charge in [-0.05, 0) is 19.2 Å². The molecule has 0 spiro atoms. The molecule has 2 N–H and O–H groups in total. The lowest BCUT2D eigenvalue weighted by Crippen LogP contribution is -2.43. The van der Waals surface area contributed by atoms with Crippen LogP contribution in [0.3, 0.4) is 0 Å². The monoisotopic (exact) mass is 251 g/mol. The largest absolute Gasteiger partial charge is 0.707 e. The van der Waals surface area contributed by atoms with Crippen LogP contribution in [0, 0.1) is 0 Å². The lowest BCUT2D eigenvalue weighted by Gasteiger charge is -2.32. The Labute approximate surface area is 107 Å². The molecule has 2 rings (SSSR count). The minimum absolute atomic E-state index is 0.354. The van der Waals surface area contributed by atoms with Crippen LogP contribution in [-0.4, -0.2) is 65.4 Å². The van der Waals surface area contributed by atoms with Gasteiger partial charge in [-0.25, -0.2) is 0 Å². The van der Waals surface area contributed by atoms with Gasteiger partial charge in [0.25, 0.3) is 0 Å². The highest BCUT2D eigenvalue weighted by Crippen LogP contribution is 2.11. The Morgan fingerprint density at radius 1 is 1.28 bits per heavy atom. The molecule has 0 aliphatic carbocycles. The first-order chi connectivity index (χ1) is 8.63. The molecule has 1 aliphatic heterocycles. The maximum Gasteiger partial charge on any atom is 0.707 e. The van der Waals surface area contributed by atoms with Gasteiger partial charge in [0.1, 0.15) is 5.75 Å². The molecule has 0 unspecified atom stereocenters. The fourth-order valence-electron chi connectivity index (χ4n) is 1.93. The van der Waals surface area contributed by atoms with E-state index in [1.54, 1.807) is 6.07 Å². The highest BCUT2D eigenvalue weighted by molar-refractivity contribution is 6.33. The lowest BCUT2D eigenvalue weighted by atomic mass is 10.2.